The van der Waals surface area contributed by atoms with E-state index in [1.54, 1.807) is 18.3 Å². The Morgan fingerprint density at radius 1 is 1.47 bits per heavy atom. The molecule has 6 heteroatoms. The second-order valence-corrected chi connectivity index (χ2v) is 6.83. The van der Waals surface area contributed by atoms with Crippen molar-refractivity contribution >= 4 is 21.4 Å². The molecule has 4 nitrogen and oxygen atoms in total. The summed E-state index contributed by atoms with van der Waals surface area (Å²) in [6.07, 6.45) is 0. The normalized spacial score (nSPS) is 13.8. The van der Waals surface area contributed by atoms with E-state index in [2.05, 4.69) is 35.3 Å². The maximum absolute atomic E-state index is 11.4. The first-order chi connectivity index (χ1) is 7.96. The van der Waals surface area contributed by atoms with Gasteiger partial charge in [-0.05, 0) is 30.9 Å². The smallest absolute Gasteiger partial charge is 0.212 e. The topological polar surface area (TPSA) is 58.2 Å². The molecule has 1 rings (SSSR count). The molecule has 0 spiro atoms. The minimum absolute atomic E-state index is 0.121. The highest BCUT2D eigenvalue weighted by atomic mass is 32.2. The van der Waals surface area contributed by atoms with Gasteiger partial charge in [0.05, 0.1) is 5.75 Å². The molecular formula is C11H20N2O2S2. The summed E-state index contributed by atoms with van der Waals surface area (Å²) in [4.78, 5) is 1.27. The highest BCUT2D eigenvalue weighted by Crippen LogP contribution is 2.22. The van der Waals surface area contributed by atoms with Crippen molar-refractivity contribution in [2.45, 2.75) is 26.8 Å². The van der Waals surface area contributed by atoms with Gasteiger partial charge in [-0.2, -0.15) is 0 Å². The van der Waals surface area contributed by atoms with Gasteiger partial charge in [-0.25, -0.2) is 13.1 Å². The summed E-state index contributed by atoms with van der Waals surface area (Å²) >= 11 is 1.70. The van der Waals surface area contributed by atoms with Gasteiger partial charge in [-0.1, -0.05) is 6.92 Å². The standard InChI is InChI=1S/C11H20N2O2S2/c1-4-13-17(14,15)8-6-12-10(3)11-9(2)5-7-16-11/h5,7,10,12-13H,4,6,8H2,1-3H3. The lowest BCUT2D eigenvalue weighted by atomic mass is 10.2. The Morgan fingerprint density at radius 2 is 2.18 bits per heavy atom. The van der Waals surface area contributed by atoms with Crippen LogP contribution in [0, 0.1) is 6.92 Å². The molecule has 1 aromatic heterocycles. The molecule has 0 aliphatic rings. The Bertz CT molecular complexity index is 440. The summed E-state index contributed by atoms with van der Waals surface area (Å²) in [5.74, 6) is 0.121. The molecule has 1 unspecified atom stereocenters. The molecule has 1 heterocycles. The van der Waals surface area contributed by atoms with E-state index in [4.69, 9.17) is 0 Å². The van der Waals surface area contributed by atoms with Crippen molar-refractivity contribution in [2.75, 3.05) is 18.8 Å². The van der Waals surface area contributed by atoms with Gasteiger partial charge in [0.2, 0.25) is 10.0 Å². The van der Waals surface area contributed by atoms with Crippen LogP contribution >= 0.6 is 11.3 Å². The number of hydrogen-bond donors (Lipinski definition) is 2. The Hall–Kier alpha value is -0.430. The van der Waals surface area contributed by atoms with Gasteiger partial charge in [-0.15, -0.1) is 11.3 Å². The number of hydrogen-bond acceptors (Lipinski definition) is 4. The third kappa shape index (κ3) is 4.75. The van der Waals surface area contributed by atoms with Crippen molar-refractivity contribution in [1.29, 1.82) is 0 Å². The summed E-state index contributed by atoms with van der Waals surface area (Å²) < 4.78 is 25.3. The van der Waals surface area contributed by atoms with E-state index >= 15 is 0 Å². The van der Waals surface area contributed by atoms with E-state index in [-0.39, 0.29) is 11.8 Å². The Morgan fingerprint density at radius 3 is 2.71 bits per heavy atom. The maximum atomic E-state index is 11.4. The van der Waals surface area contributed by atoms with Gasteiger partial charge in [0, 0.05) is 24.0 Å². The monoisotopic (exact) mass is 276 g/mol. The van der Waals surface area contributed by atoms with Crippen molar-refractivity contribution in [3.63, 3.8) is 0 Å². The maximum Gasteiger partial charge on any atom is 0.212 e. The van der Waals surface area contributed by atoms with Crippen LogP contribution in [0.5, 0.6) is 0 Å². The molecule has 1 atom stereocenters. The second-order valence-electron chi connectivity index (χ2n) is 3.96. The molecule has 0 aliphatic heterocycles. The van der Waals surface area contributed by atoms with Crippen molar-refractivity contribution in [1.82, 2.24) is 10.0 Å². The number of aryl methyl sites for hydroxylation is 1. The van der Waals surface area contributed by atoms with Crippen LogP contribution < -0.4 is 10.0 Å². The van der Waals surface area contributed by atoms with Crippen LogP contribution in [0.2, 0.25) is 0 Å². The minimum atomic E-state index is -3.12. The molecule has 0 saturated heterocycles. The van der Waals surface area contributed by atoms with Gasteiger partial charge < -0.3 is 5.32 Å². The van der Waals surface area contributed by atoms with Crippen molar-refractivity contribution < 1.29 is 8.42 Å². The zero-order valence-corrected chi connectivity index (χ0v) is 12.1. The summed E-state index contributed by atoms with van der Waals surface area (Å²) in [5.41, 5.74) is 1.25. The average Bonchev–Trinajstić information content (AvgIpc) is 2.63. The Balaban J connectivity index is 2.40. The molecule has 0 amide bonds. The lowest BCUT2D eigenvalue weighted by molar-refractivity contribution is 0.566. The fraction of sp³-hybridized carbons (Fsp3) is 0.636. The molecule has 0 aliphatic carbocycles. The first-order valence-corrected chi connectivity index (χ1v) is 8.24. The van der Waals surface area contributed by atoms with Gasteiger partial charge in [0.1, 0.15) is 0 Å². The van der Waals surface area contributed by atoms with Crippen molar-refractivity contribution in [3.05, 3.63) is 21.9 Å². The summed E-state index contributed by atoms with van der Waals surface area (Å²) in [6.45, 7) is 6.82. The molecular weight excluding hydrogens is 256 g/mol. The quantitative estimate of drug-likeness (QED) is 0.796. The average molecular weight is 276 g/mol. The van der Waals surface area contributed by atoms with Gasteiger partial charge in [0.15, 0.2) is 0 Å². The lowest BCUT2D eigenvalue weighted by Crippen LogP contribution is -2.32. The fourth-order valence-corrected chi connectivity index (χ4v) is 3.55. The van der Waals surface area contributed by atoms with Gasteiger partial charge in [-0.3, -0.25) is 0 Å². The Labute approximate surface area is 107 Å². The number of thiophene rings is 1. The van der Waals surface area contributed by atoms with Gasteiger partial charge >= 0.3 is 0 Å². The van der Waals surface area contributed by atoms with Crippen LogP contribution in [0.4, 0.5) is 0 Å². The van der Waals surface area contributed by atoms with Crippen LogP contribution in [0.25, 0.3) is 0 Å². The molecule has 17 heavy (non-hydrogen) atoms. The van der Waals surface area contributed by atoms with E-state index < -0.39 is 10.0 Å². The van der Waals surface area contributed by atoms with E-state index in [0.717, 1.165) is 0 Å². The van der Waals surface area contributed by atoms with Gasteiger partial charge in [0.25, 0.3) is 0 Å². The van der Waals surface area contributed by atoms with Crippen LogP contribution in [0.1, 0.15) is 30.3 Å². The number of sulfonamides is 1. The first kappa shape index (κ1) is 14.6. The zero-order chi connectivity index (χ0) is 12.9. The lowest BCUT2D eigenvalue weighted by Gasteiger charge is -2.13. The van der Waals surface area contributed by atoms with E-state index in [9.17, 15) is 8.42 Å². The highest BCUT2D eigenvalue weighted by molar-refractivity contribution is 7.89. The molecule has 98 valence electrons. The Kier molecular flexibility index (Phi) is 5.58. The largest absolute Gasteiger partial charge is 0.308 e. The third-order valence-corrected chi connectivity index (χ3v) is 5.15. The highest BCUT2D eigenvalue weighted by Gasteiger charge is 2.12. The minimum Gasteiger partial charge on any atom is -0.308 e. The predicted octanol–water partition coefficient (Wildman–Crippen LogP) is 1.65. The second kappa shape index (κ2) is 6.49. The molecule has 0 fully saturated rings. The van der Waals surface area contributed by atoms with Crippen molar-refractivity contribution in [2.24, 2.45) is 0 Å². The van der Waals surface area contributed by atoms with Crippen LogP contribution in [0.15, 0.2) is 11.4 Å². The molecule has 2 N–H and O–H groups in total. The van der Waals surface area contributed by atoms with E-state index in [0.29, 0.717) is 13.1 Å². The number of nitrogens with one attached hydrogen (secondary N) is 2. The van der Waals surface area contributed by atoms with Crippen LogP contribution in [0.3, 0.4) is 0 Å². The molecule has 1 aromatic rings. The third-order valence-electron chi connectivity index (χ3n) is 2.48. The fourth-order valence-electron chi connectivity index (χ4n) is 1.62. The zero-order valence-electron chi connectivity index (χ0n) is 10.5. The van der Waals surface area contributed by atoms with E-state index in [1.165, 1.54) is 10.4 Å². The molecule has 0 radical (unpaired) electrons. The van der Waals surface area contributed by atoms with Crippen molar-refractivity contribution in [3.8, 4) is 0 Å². The molecule has 0 bridgehead atoms. The number of rotatable bonds is 7. The molecule has 0 saturated carbocycles. The van der Waals surface area contributed by atoms with Crippen LogP contribution in [-0.2, 0) is 10.0 Å². The summed E-state index contributed by atoms with van der Waals surface area (Å²) in [5, 5.41) is 5.29. The van der Waals surface area contributed by atoms with Crippen LogP contribution in [-0.4, -0.2) is 27.3 Å². The first-order valence-electron chi connectivity index (χ1n) is 5.71. The SMILES string of the molecule is CCNS(=O)(=O)CCNC(C)c1sccc1C. The summed E-state index contributed by atoms with van der Waals surface area (Å²) in [7, 11) is -3.12. The van der Waals surface area contributed by atoms with E-state index in [1.807, 2.05) is 0 Å². The predicted molar refractivity (Wildman–Crippen MR) is 72.9 cm³/mol. The summed E-state index contributed by atoms with van der Waals surface area (Å²) in [6, 6.07) is 2.28. The molecule has 0 aromatic carbocycles.